The predicted molar refractivity (Wildman–Crippen MR) is 99.2 cm³/mol. The van der Waals surface area contributed by atoms with Crippen molar-refractivity contribution in [1.82, 2.24) is 5.32 Å². The summed E-state index contributed by atoms with van der Waals surface area (Å²) < 4.78 is 5.44. The minimum atomic E-state index is -0.446. The maximum atomic E-state index is 12.7. The Morgan fingerprint density at radius 3 is 2.41 bits per heavy atom. The van der Waals surface area contributed by atoms with Crippen molar-refractivity contribution in [2.45, 2.75) is 31.6 Å². The van der Waals surface area contributed by atoms with Gasteiger partial charge < -0.3 is 14.9 Å². The lowest BCUT2D eigenvalue weighted by molar-refractivity contribution is -0.152. The van der Waals surface area contributed by atoms with Crippen molar-refractivity contribution >= 4 is 17.6 Å². The zero-order chi connectivity index (χ0) is 18.8. The zero-order valence-corrected chi connectivity index (χ0v) is 14.9. The van der Waals surface area contributed by atoms with Crippen LogP contribution >= 0.6 is 0 Å². The maximum absolute atomic E-state index is 12.7. The summed E-state index contributed by atoms with van der Waals surface area (Å²) in [5.74, 6) is -0.711. The van der Waals surface area contributed by atoms with Gasteiger partial charge in [-0.1, -0.05) is 53.7 Å². The Hall–Kier alpha value is -3.15. The quantitative estimate of drug-likeness (QED) is 0.846. The molecule has 27 heavy (non-hydrogen) atoms. The van der Waals surface area contributed by atoms with Crippen molar-refractivity contribution in [3.63, 3.8) is 0 Å². The van der Waals surface area contributed by atoms with Crippen LogP contribution in [0, 0.1) is 5.92 Å². The van der Waals surface area contributed by atoms with Crippen molar-refractivity contribution in [1.29, 1.82) is 0 Å². The topological polar surface area (TPSA) is 77.0 Å². The van der Waals surface area contributed by atoms with Crippen molar-refractivity contribution in [2.75, 3.05) is 0 Å². The molecule has 0 saturated heterocycles. The van der Waals surface area contributed by atoms with E-state index in [2.05, 4.69) is 10.5 Å². The minimum absolute atomic E-state index is 0.165. The van der Waals surface area contributed by atoms with E-state index < -0.39 is 12.2 Å². The van der Waals surface area contributed by atoms with Gasteiger partial charge in [0, 0.05) is 24.9 Å². The molecule has 6 heteroatoms. The number of esters is 1. The smallest absolute Gasteiger partial charge is 0.303 e. The van der Waals surface area contributed by atoms with E-state index in [9.17, 15) is 9.59 Å². The normalized spacial score (nSPS) is 25.9. The lowest BCUT2D eigenvalue weighted by atomic mass is 9.91. The molecule has 2 aliphatic rings. The molecule has 0 spiro atoms. The summed E-state index contributed by atoms with van der Waals surface area (Å²) >= 11 is 0. The molecule has 2 aromatic carbocycles. The van der Waals surface area contributed by atoms with E-state index in [1.807, 2.05) is 48.5 Å². The molecule has 1 N–H and O–H groups in total. The molecule has 4 rings (SSSR count). The first-order valence-electron chi connectivity index (χ1n) is 8.96. The van der Waals surface area contributed by atoms with E-state index in [-0.39, 0.29) is 23.8 Å². The summed E-state index contributed by atoms with van der Waals surface area (Å²) in [6.45, 7) is 1.37. The first-order valence-corrected chi connectivity index (χ1v) is 8.96. The van der Waals surface area contributed by atoms with E-state index in [1.165, 1.54) is 6.92 Å². The molecule has 0 radical (unpaired) electrons. The molecule has 1 aliphatic carbocycles. The Kier molecular flexibility index (Phi) is 4.62. The van der Waals surface area contributed by atoms with Crippen LogP contribution in [0.2, 0.25) is 0 Å². The molecule has 1 fully saturated rings. The Labute approximate surface area is 157 Å². The van der Waals surface area contributed by atoms with Crippen LogP contribution in [0.4, 0.5) is 0 Å². The second-order valence-electron chi connectivity index (χ2n) is 6.77. The van der Waals surface area contributed by atoms with Gasteiger partial charge in [0.15, 0.2) is 6.10 Å². The van der Waals surface area contributed by atoms with E-state index >= 15 is 0 Å². The van der Waals surface area contributed by atoms with Crippen LogP contribution in [0.25, 0.3) is 0 Å². The SMILES string of the molecule is CC(=O)O[C@H]1C[C@@H](NC(=O)c2ccccc2)[C@@H]2C(c3ccccc3)=NO[C@@H]21. The highest BCUT2D eigenvalue weighted by Gasteiger charge is 2.53. The number of benzene rings is 2. The van der Waals surface area contributed by atoms with Crippen LogP contribution in [0.1, 0.15) is 29.3 Å². The van der Waals surface area contributed by atoms with Crippen LogP contribution in [0.15, 0.2) is 65.8 Å². The van der Waals surface area contributed by atoms with Gasteiger partial charge in [0.1, 0.15) is 6.10 Å². The van der Waals surface area contributed by atoms with Crippen molar-refractivity contribution in [3.8, 4) is 0 Å². The van der Waals surface area contributed by atoms with Gasteiger partial charge in [-0.05, 0) is 17.7 Å². The third kappa shape index (κ3) is 3.43. The van der Waals surface area contributed by atoms with Crippen LogP contribution in [0.5, 0.6) is 0 Å². The van der Waals surface area contributed by atoms with Gasteiger partial charge in [-0.15, -0.1) is 0 Å². The zero-order valence-electron chi connectivity index (χ0n) is 14.9. The number of nitrogens with one attached hydrogen (secondary N) is 1. The Morgan fingerprint density at radius 2 is 1.74 bits per heavy atom. The standard InChI is InChI=1S/C21H20N2O4/c1-13(24)26-17-12-16(22-21(25)15-10-6-3-7-11-15)18-19(23-27-20(17)18)14-8-4-2-5-9-14/h2-11,16-18,20H,12H2,1H3,(H,22,25)/t16-,17+,18-,20-/m1/s1. The minimum Gasteiger partial charge on any atom is -0.458 e. The average molecular weight is 364 g/mol. The summed E-state index contributed by atoms with van der Waals surface area (Å²) in [5, 5.41) is 7.33. The summed E-state index contributed by atoms with van der Waals surface area (Å²) in [6.07, 6.45) is -0.358. The van der Waals surface area contributed by atoms with Gasteiger partial charge in [0.2, 0.25) is 0 Å². The molecule has 2 aromatic rings. The summed E-state index contributed by atoms with van der Waals surface area (Å²) in [5.41, 5.74) is 2.29. The molecule has 1 amide bonds. The second kappa shape index (κ2) is 7.23. The second-order valence-corrected chi connectivity index (χ2v) is 6.77. The molecular weight excluding hydrogens is 344 g/mol. The van der Waals surface area contributed by atoms with E-state index in [1.54, 1.807) is 12.1 Å². The first-order chi connectivity index (χ1) is 13.1. The summed E-state index contributed by atoms with van der Waals surface area (Å²) in [7, 11) is 0. The number of oxime groups is 1. The number of amides is 1. The highest BCUT2D eigenvalue weighted by atomic mass is 16.7. The fourth-order valence-corrected chi connectivity index (χ4v) is 3.82. The van der Waals surface area contributed by atoms with Gasteiger partial charge in [-0.2, -0.15) is 0 Å². The summed E-state index contributed by atoms with van der Waals surface area (Å²) in [6, 6.07) is 18.5. The largest absolute Gasteiger partial charge is 0.458 e. The fraction of sp³-hybridized carbons (Fsp3) is 0.286. The maximum Gasteiger partial charge on any atom is 0.303 e. The van der Waals surface area contributed by atoms with Crippen LogP contribution in [-0.2, 0) is 14.4 Å². The molecule has 4 atom stereocenters. The van der Waals surface area contributed by atoms with Crippen molar-refractivity contribution in [3.05, 3.63) is 71.8 Å². The van der Waals surface area contributed by atoms with E-state index in [4.69, 9.17) is 9.57 Å². The highest BCUT2D eigenvalue weighted by molar-refractivity contribution is 6.04. The fourth-order valence-electron chi connectivity index (χ4n) is 3.82. The number of ether oxygens (including phenoxy) is 1. The Bertz CT molecular complexity index is 866. The Balaban J connectivity index is 1.60. The lowest BCUT2D eigenvalue weighted by Gasteiger charge is -2.20. The van der Waals surface area contributed by atoms with E-state index in [0.29, 0.717) is 12.0 Å². The third-order valence-electron chi connectivity index (χ3n) is 4.97. The van der Waals surface area contributed by atoms with Crippen LogP contribution in [-0.4, -0.2) is 35.8 Å². The molecular formula is C21H20N2O4. The molecule has 138 valence electrons. The Morgan fingerprint density at radius 1 is 1.07 bits per heavy atom. The number of nitrogens with zero attached hydrogens (tertiary/aromatic N) is 1. The molecule has 1 heterocycles. The van der Waals surface area contributed by atoms with Crippen molar-refractivity contribution in [2.24, 2.45) is 11.1 Å². The number of carbonyl (C=O) groups is 2. The number of fused-ring (bicyclic) bond motifs is 1. The highest BCUT2D eigenvalue weighted by Crippen LogP contribution is 2.38. The van der Waals surface area contributed by atoms with Gasteiger partial charge in [0.25, 0.3) is 5.91 Å². The first kappa shape index (κ1) is 17.3. The molecule has 0 unspecified atom stereocenters. The predicted octanol–water partition coefficient (Wildman–Crippen LogP) is 2.54. The molecule has 1 aliphatic heterocycles. The van der Waals surface area contributed by atoms with Gasteiger partial charge in [-0.25, -0.2) is 0 Å². The molecule has 1 saturated carbocycles. The third-order valence-corrected chi connectivity index (χ3v) is 4.97. The summed E-state index contributed by atoms with van der Waals surface area (Å²) in [4.78, 5) is 29.8. The number of carbonyl (C=O) groups excluding carboxylic acids is 2. The van der Waals surface area contributed by atoms with Crippen LogP contribution in [0.3, 0.4) is 0 Å². The van der Waals surface area contributed by atoms with Gasteiger partial charge in [0.05, 0.1) is 11.6 Å². The number of hydrogen-bond acceptors (Lipinski definition) is 5. The van der Waals surface area contributed by atoms with Gasteiger partial charge >= 0.3 is 5.97 Å². The molecule has 0 bridgehead atoms. The number of hydrogen-bond donors (Lipinski definition) is 1. The lowest BCUT2D eigenvalue weighted by Crippen LogP contribution is -2.41. The molecule has 6 nitrogen and oxygen atoms in total. The van der Waals surface area contributed by atoms with Gasteiger partial charge in [-0.3, -0.25) is 9.59 Å². The molecule has 0 aromatic heterocycles. The van der Waals surface area contributed by atoms with Crippen molar-refractivity contribution < 1.29 is 19.2 Å². The van der Waals surface area contributed by atoms with E-state index in [0.717, 1.165) is 11.3 Å². The van der Waals surface area contributed by atoms with Crippen LogP contribution < -0.4 is 5.32 Å². The number of rotatable bonds is 4. The average Bonchev–Trinajstić information content (AvgIpc) is 3.25. The monoisotopic (exact) mass is 364 g/mol.